The molecule has 98 valence electrons. The molecule has 0 saturated carbocycles. The summed E-state index contributed by atoms with van der Waals surface area (Å²) in [6.07, 6.45) is 2.57. The molecular weight excluding hydrogens is 246 g/mol. The van der Waals surface area contributed by atoms with Crippen LogP contribution >= 0.6 is 0 Å². The van der Waals surface area contributed by atoms with Gasteiger partial charge in [0.2, 0.25) is 12.7 Å². The Labute approximate surface area is 110 Å². The third-order valence-electron chi connectivity index (χ3n) is 2.83. The molecule has 0 bridgehead atoms. The first kappa shape index (κ1) is 11.6. The van der Waals surface area contributed by atoms with E-state index in [-0.39, 0.29) is 12.7 Å². The second-order valence-corrected chi connectivity index (χ2v) is 4.20. The number of ether oxygens (including phenoxy) is 2. The highest BCUT2D eigenvalue weighted by Crippen LogP contribution is 2.34. The van der Waals surface area contributed by atoms with E-state index in [0.29, 0.717) is 30.0 Å². The van der Waals surface area contributed by atoms with Gasteiger partial charge in [-0.25, -0.2) is 0 Å². The standard InChI is InChI=1S/C14H13NO4/c16-14(6-4-11-2-1-7-17-11)15-10-3-5-12-13(8-10)19-9-18-12/h1-3,5,7-8H,4,6,9H2,(H,15,16). The van der Waals surface area contributed by atoms with Crippen molar-refractivity contribution < 1.29 is 18.7 Å². The lowest BCUT2D eigenvalue weighted by atomic mass is 10.2. The number of hydrogen-bond donors (Lipinski definition) is 1. The van der Waals surface area contributed by atoms with Crippen LogP contribution in [0.1, 0.15) is 12.2 Å². The Morgan fingerprint density at radius 3 is 2.95 bits per heavy atom. The molecule has 0 aliphatic carbocycles. The first-order valence-corrected chi connectivity index (χ1v) is 6.03. The van der Waals surface area contributed by atoms with Gasteiger partial charge in [0.05, 0.1) is 6.26 Å². The Morgan fingerprint density at radius 1 is 1.21 bits per heavy atom. The van der Waals surface area contributed by atoms with Gasteiger partial charge in [0.15, 0.2) is 11.5 Å². The number of hydrogen-bond acceptors (Lipinski definition) is 4. The lowest BCUT2D eigenvalue weighted by molar-refractivity contribution is -0.116. The molecule has 5 heteroatoms. The zero-order valence-corrected chi connectivity index (χ0v) is 10.2. The molecule has 0 fully saturated rings. The summed E-state index contributed by atoms with van der Waals surface area (Å²) in [5, 5.41) is 2.82. The number of amides is 1. The number of anilines is 1. The minimum atomic E-state index is -0.0599. The van der Waals surface area contributed by atoms with Crippen LogP contribution in [0.4, 0.5) is 5.69 Å². The summed E-state index contributed by atoms with van der Waals surface area (Å²) in [7, 11) is 0. The van der Waals surface area contributed by atoms with E-state index in [9.17, 15) is 4.79 Å². The van der Waals surface area contributed by atoms with Crippen LogP contribution in [0.25, 0.3) is 0 Å². The van der Waals surface area contributed by atoms with Crippen LogP contribution in [0.5, 0.6) is 11.5 Å². The maximum atomic E-state index is 11.8. The highest BCUT2D eigenvalue weighted by atomic mass is 16.7. The monoisotopic (exact) mass is 259 g/mol. The van der Waals surface area contributed by atoms with Crippen molar-refractivity contribution in [3.63, 3.8) is 0 Å². The molecule has 0 saturated heterocycles. The Hall–Kier alpha value is -2.43. The second-order valence-electron chi connectivity index (χ2n) is 4.20. The summed E-state index contributed by atoms with van der Waals surface area (Å²) in [5.41, 5.74) is 0.702. The average molecular weight is 259 g/mol. The van der Waals surface area contributed by atoms with E-state index in [2.05, 4.69) is 5.32 Å². The van der Waals surface area contributed by atoms with E-state index >= 15 is 0 Å². The topological polar surface area (TPSA) is 60.7 Å². The van der Waals surface area contributed by atoms with Crippen LogP contribution in [0.3, 0.4) is 0 Å². The van der Waals surface area contributed by atoms with Gasteiger partial charge in [-0.15, -0.1) is 0 Å². The lowest BCUT2D eigenvalue weighted by Crippen LogP contribution is -2.12. The van der Waals surface area contributed by atoms with Crippen molar-refractivity contribution in [3.8, 4) is 11.5 Å². The number of nitrogens with one attached hydrogen (secondary N) is 1. The SMILES string of the molecule is O=C(CCc1ccco1)Nc1ccc2c(c1)OCO2. The average Bonchev–Trinajstić information content (AvgIpc) is 3.07. The zero-order valence-electron chi connectivity index (χ0n) is 10.2. The Kier molecular flexibility index (Phi) is 3.10. The van der Waals surface area contributed by atoms with Gasteiger partial charge < -0.3 is 19.2 Å². The molecule has 3 rings (SSSR count). The van der Waals surface area contributed by atoms with E-state index < -0.39 is 0 Å². The maximum Gasteiger partial charge on any atom is 0.231 e. The summed E-state index contributed by atoms with van der Waals surface area (Å²) in [4.78, 5) is 11.8. The van der Waals surface area contributed by atoms with Crippen LogP contribution in [0.2, 0.25) is 0 Å². The molecule has 5 nitrogen and oxygen atoms in total. The molecule has 1 aromatic heterocycles. The number of benzene rings is 1. The highest BCUT2D eigenvalue weighted by Gasteiger charge is 2.14. The third-order valence-corrected chi connectivity index (χ3v) is 2.83. The van der Waals surface area contributed by atoms with Crippen LogP contribution < -0.4 is 14.8 Å². The van der Waals surface area contributed by atoms with Gasteiger partial charge in [-0.3, -0.25) is 4.79 Å². The molecule has 1 N–H and O–H groups in total. The summed E-state index contributed by atoms with van der Waals surface area (Å²) < 4.78 is 15.6. The van der Waals surface area contributed by atoms with Crippen molar-refractivity contribution in [1.29, 1.82) is 0 Å². The van der Waals surface area contributed by atoms with Gasteiger partial charge in [-0.1, -0.05) is 0 Å². The van der Waals surface area contributed by atoms with Crippen molar-refractivity contribution in [2.45, 2.75) is 12.8 Å². The smallest absolute Gasteiger partial charge is 0.231 e. The minimum absolute atomic E-state index is 0.0599. The molecule has 2 heterocycles. The second kappa shape index (κ2) is 5.06. The molecule has 19 heavy (non-hydrogen) atoms. The van der Waals surface area contributed by atoms with Crippen molar-refractivity contribution in [2.24, 2.45) is 0 Å². The summed E-state index contributed by atoms with van der Waals surface area (Å²) >= 11 is 0. The largest absolute Gasteiger partial charge is 0.469 e. The van der Waals surface area contributed by atoms with Crippen molar-refractivity contribution in [3.05, 3.63) is 42.4 Å². The van der Waals surface area contributed by atoms with Crippen molar-refractivity contribution in [2.75, 3.05) is 12.1 Å². The molecule has 1 aliphatic rings. The van der Waals surface area contributed by atoms with Gasteiger partial charge in [0.1, 0.15) is 5.76 Å². The summed E-state index contributed by atoms with van der Waals surface area (Å²) in [5.74, 6) is 2.11. The quantitative estimate of drug-likeness (QED) is 0.916. The third kappa shape index (κ3) is 2.70. The van der Waals surface area contributed by atoms with Gasteiger partial charge in [-0.05, 0) is 24.3 Å². The fourth-order valence-corrected chi connectivity index (χ4v) is 1.89. The molecule has 1 aromatic carbocycles. The van der Waals surface area contributed by atoms with Crippen LogP contribution in [-0.4, -0.2) is 12.7 Å². The first-order chi connectivity index (χ1) is 9.31. The van der Waals surface area contributed by atoms with E-state index in [0.717, 1.165) is 5.76 Å². The number of carbonyl (C=O) groups excluding carboxylic acids is 1. The van der Waals surface area contributed by atoms with Crippen molar-refractivity contribution in [1.82, 2.24) is 0 Å². The highest BCUT2D eigenvalue weighted by molar-refractivity contribution is 5.91. The predicted octanol–water partition coefficient (Wildman–Crippen LogP) is 2.58. The molecule has 0 unspecified atom stereocenters. The summed E-state index contributed by atoms with van der Waals surface area (Å²) in [6.45, 7) is 0.227. The summed E-state index contributed by atoms with van der Waals surface area (Å²) in [6, 6.07) is 8.99. The zero-order chi connectivity index (χ0) is 13.1. The molecule has 2 aromatic rings. The minimum Gasteiger partial charge on any atom is -0.469 e. The van der Waals surface area contributed by atoms with E-state index in [1.807, 2.05) is 12.1 Å². The number of fused-ring (bicyclic) bond motifs is 1. The van der Waals surface area contributed by atoms with Crippen LogP contribution in [-0.2, 0) is 11.2 Å². The normalized spacial score (nSPS) is 12.4. The van der Waals surface area contributed by atoms with Crippen molar-refractivity contribution >= 4 is 11.6 Å². The number of carbonyl (C=O) groups is 1. The van der Waals surface area contributed by atoms with E-state index in [1.165, 1.54) is 0 Å². The molecule has 0 atom stereocenters. The van der Waals surface area contributed by atoms with Crippen LogP contribution in [0.15, 0.2) is 41.0 Å². The first-order valence-electron chi connectivity index (χ1n) is 6.03. The fourth-order valence-electron chi connectivity index (χ4n) is 1.89. The number of furan rings is 1. The molecule has 0 radical (unpaired) electrons. The Morgan fingerprint density at radius 2 is 2.11 bits per heavy atom. The predicted molar refractivity (Wildman–Crippen MR) is 68.2 cm³/mol. The Balaban J connectivity index is 1.57. The maximum absolute atomic E-state index is 11.8. The van der Waals surface area contributed by atoms with Gasteiger partial charge in [0, 0.05) is 24.6 Å². The lowest BCUT2D eigenvalue weighted by Gasteiger charge is -2.05. The van der Waals surface area contributed by atoms with Crippen LogP contribution in [0, 0.1) is 0 Å². The van der Waals surface area contributed by atoms with Gasteiger partial charge >= 0.3 is 0 Å². The molecule has 0 spiro atoms. The van der Waals surface area contributed by atoms with E-state index in [4.69, 9.17) is 13.9 Å². The Bertz CT molecular complexity index is 577. The molecule has 1 amide bonds. The number of aryl methyl sites for hydroxylation is 1. The molecule has 1 aliphatic heterocycles. The molecular formula is C14H13NO4. The number of rotatable bonds is 4. The van der Waals surface area contributed by atoms with Gasteiger partial charge in [0.25, 0.3) is 0 Å². The van der Waals surface area contributed by atoms with E-state index in [1.54, 1.807) is 24.5 Å². The van der Waals surface area contributed by atoms with Gasteiger partial charge in [-0.2, -0.15) is 0 Å². The fraction of sp³-hybridized carbons (Fsp3) is 0.214.